The summed E-state index contributed by atoms with van der Waals surface area (Å²) >= 11 is 0. The monoisotopic (exact) mass is 342 g/mol. The number of pyridine rings is 1. The standard InChI is InChI=1S/C21H15FN4/c22-18-9-5-4-8-17(18)19-14-20(24-16-6-2-1-3-7-16)26-21(25-19)15-10-12-23-13-11-15/h1-14H,(H,24,25,26). The Balaban J connectivity index is 1.83. The Kier molecular flexibility index (Phi) is 4.35. The third-order valence-corrected chi connectivity index (χ3v) is 3.86. The van der Waals surface area contributed by atoms with Crippen molar-refractivity contribution in [1.29, 1.82) is 0 Å². The lowest BCUT2D eigenvalue weighted by Gasteiger charge is -2.11. The smallest absolute Gasteiger partial charge is 0.162 e. The minimum atomic E-state index is -0.322. The molecule has 4 aromatic rings. The molecular formula is C21H15FN4. The molecule has 0 amide bonds. The highest BCUT2D eigenvalue weighted by molar-refractivity contribution is 5.70. The van der Waals surface area contributed by atoms with Crippen molar-refractivity contribution in [3.63, 3.8) is 0 Å². The molecule has 5 heteroatoms. The second-order valence-corrected chi connectivity index (χ2v) is 5.67. The SMILES string of the molecule is Fc1ccccc1-c1cc(Nc2ccccc2)nc(-c2ccncc2)n1. The number of benzene rings is 2. The summed E-state index contributed by atoms with van der Waals surface area (Å²) in [5.74, 6) is 0.778. The van der Waals surface area contributed by atoms with Gasteiger partial charge in [0.15, 0.2) is 5.82 Å². The zero-order valence-electron chi connectivity index (χ0n) is 13.8. The van der Waals surface area contributed by atoms with Gasteiger partial charge >= 0.3 is 0 Å². The van der Waals surface area contributed by atoms with Gasteiger partial charge in [-0.1, -0.05) is 30.3 Å². The number of rotatable bonds is 4. The average molecular weight is 342 g/mol. The van der Waals surface area contributed by atoms with Gasteiger partial charge in [0.05, 0.1) is 5.69 Å². The quantitative estimate of drug-likeness (QED) is 0.561. The molecule has 0 aliphatic carbocycles. The van der Waals surface area contributed by atoms with Crippen molar-refractivity contribution in [2.75, 3.05) is 5.32 Å². The molecule has 2 aromatic carbocycles. The van der Waals surface area contributed by atoms with Crippen LogP contribution in [-0.2, 0) is 0 Å². The molecule has 4 rings (SSSR count). The van der Waals surface area contributed by atoms with Crippen LogP contribution in [-0.4, -0.2) is 15.0 Å². The second-order valence-electron chi connectivity index (χ2n) is 5.67. The maximum Gasteiger partial charge on any atom is 0.162 e. The number of aromatic nitrogens is 3. The van der Waals surface area contributed by atoms with E-state index in [1.807, 2.05) is 42.5 Å². The van der Waals surface area contributed by atoms with E-state index in [0.29, 0.717) is 22.9 Å². The van der Waals surface area contributed by atoms with Crippen LogP contribution < -0.4 is 5.32 Å². The number of nitrogens with one attached hydrogen (secondary N) is 1. The van der Waals surface area contributed by atoms with Crippen molar-refractivity contribution >= 4 is 11.5 Å². The van der Waals surface area contributed by atoms with Crippen molar-refractivity contribution in [2.45, 2.75) is 0 Å². The van der Waals surface area contributed by atoms with Gasteiger partial charge in [0.2, 0.25) is 0 Å². The first-order valence-corrected chi connectivity index (χ1v) is 8.16. The highest BCUT2D eigenvalue weighted by atomic mass is 19.1. The summed E-state index contributed by atoms with van der Waals surface area (Å²) in [6.45, 7) is 0. The summed E-state index contributed by atoms with van der Waals surface area (Å²) in [5.41, 5.74) is 2.66. The number of hydrogen-bond donors (Lipinski definition) is 1. The molecule has 126 valence electrons. The topological polar surface area (TPSA) is 50.7 Å². The van der Waals surface area contributed by atoms with Gasteiger partial charge in [-0.15, -0.1) is 0 Å². The third-order valence-electron chi connectivity index (χ3n) is 3.86. The molecule has 2 heterocycles. The van der Waals surface area contributed by atoms with Crippen molar-refractivity contribution in [3.05, 3.63) is 91.0 Å². The summed E-state index contributed by atoms with van der Waals surface area (Å²) in [4.78, 5) is 13.2. The molecule has 0 radical (unpaired) electrons. The Morgan fingerprint density at radius 3 is 2.27 bits per heavy atom. The van der Waals surface area contributed by atoms with Crippen LogP contribution >= 0.6 is 0 Å². The third kappa shape index (κ3) is 3.42. The molecule has 2 aromatic heterocycles. The van der Waals surface area contributed by atoms with Crippen LogP contribution in [0.2, 0.25) is 0 Å². The van der Waals surface area contributed by atoms with Gasteiger partial charge < -0.3 is 5.32 Å². The first kappa shape index (κ1) is 15.9. The number of halogens is 1. The fourth-order valence-electron chi connectivity index (χ4n) is 2.62. The van der Waals surface area contributed by atoms with Gasteiger partial charge in [0.25, 0.3) is 0 Å². The average Bonchev–Trinajstić information content (AvgIpc) is 2.69. The molecule has 26 heavy (non-hydrogen) atoms. The van der Waals surface area contributed by atoms with Gasteiger partial charge in [-0.05, 0) is 36.4 Å². The maximum absolute atomic E-state index is 14.3. The van der Waals surface area contributed by atoms with Gasteiger partial charge in [-0.2, -0.15) is 0 Å². The van der Waals surface area contributed by atoms with E-state index in [9.17, 15) is 4.39 Å². The van der Waals surface area contributed by atoms with E-state index in [1.165, 1.54) is 6.07 Å². The van der Waals surface area contributed by atoms with Crippen LogP contribution in [0.25, 0.3) is 22.6 Å². The molecule has 0 aliphatic heterocycles. The molecule has 0 saturated carbocycles. The van der Waals surface area contributed by atoms with Gasteiger partial charge in [-0.3, -0.25) is 4.98 Å². The highest BCUT2D eigenvalue weighted by Crippen LogP contribution is 2.27. The van der Waals surface area contributed by atoms with Crippen LogP contribution in [0.1, 0.15) is 0 Å². The Hall–Kier alpha value is -3.60. The lowest BCUT2D eigenvalue weighted by Crippen LogP contribution is -2.00. The molecule has 4 nitrogen and oxygen atoms in total. The minimum Gasteiger partial charge on any atom is -0.340 e. The van der Waals surface area contributed by atoms with Crippen molar-refractivity contribution in [2.24, 2.45) is 0 Å². The fraction of sp³-hybridized carbons (Fsp3) is 0. The van der Waals surface area contributed by atoms with Gasteiger partial charge in [0, 0.05) is 35.3 Å². The summed E-state index contributed by atoms with van der Waals surface area (Å²) in [5, 5.41) is 3.25. The number of hydrogen-bond acceptors (Lipinski definition) is 4. The zero-order valence-corrected chi connectivity index (χ0v) is 13.8. The molecule has 0 fully saturated rings. The lowest BCUT2D eigenvalue weighted by atomic mass is 10.1. The summed E-state index contributed by atoms with van der Waals surface area (Å²) in [6.07, 6.45) is 3.36. The summed E-state index contributed by atoms with van der Waals surface area (Å²) in [6, 6.07) is 21.7. The first-order valence-electron chi connectivity index (χ1n) is 8.16. The fourth-order valence-corrected chi connectivity index (χ4v) is 2.62. The molecule has 0 saturated heterocycles. The van der Waals surface area contributed by atoms with Crippen LogP contribution in [0.15, 0.2) is 85.2 Å². The summed E-state index contributed by atoms with van der Waals surface area (Å²) < 4.78 is 14.3. The van der Waals surface area contributed by atoms with E-state index in [4.69, 9.17) is 0 Å². The Morgan fingerprint density at radius 1 is 0.769 bits per heavy atom. The van der Waals surface area contributed by atoms with E-state index >= 15 is 0 Å². The molecule has 1 N–H and O–H groups in total. The summed E-state index contributed by atoms with van der Waals surface area (Å²) in [7, 11) is 0. The van der Waals surface area contributed by atoms with Crippen molar-refractivity contribution < 1.29 is 4.39 Å². The Bertz CT molecular complexity index is 1020. The van der Waals surface area contributed by atoms with E-state index in [0.717, 1.165) is 11.3 Å². The zero-order chi connectivity index (χ0) is 17.8. The van der Waals surface area contributed by atoms with Crippen LogP contribution in [0.4, 0.5) is 15.9 Å². The largest absolute Gasteiger partial charge is 0.340 e. The van der Waals surface area contributed by atoms with Crippen LogP contribution in [0.3, 0.4) is 0 Å². The Morgan fingerprint density at radius 2 is 1.50 bits per heavy atom. The first-order chi connectivity index (χ1) is 12.8. The number of anilines is 2. The van der Waals surface area contributed by atoms with E-state index in [1.54, 1.807) is 36.7 Å². The van der Waals surface area contributed by atoms with Gasteiger partial charge in [-0.25, -0.2) is 14.4 Å². The van der Waals surface area contributed by atoms with Gasteiger partial charge in [0.1, 0.15) is 11.6 Å². The molecular weight excluding hydrogens is 327 g/mol. The van der Waals surface area contributed by atoms with Crippen molar-refractivity contribution in [1.82, 2.24) is 15.0 Å². The van der Waals surface area contributed by atoms with E-state index < -0.39 is 0 Å². The highest BCUT2D eigenvalue weighted by Gasteiger charge is 2.12. The molecule has 0 bridgehead atoms. The van der Waals surface area contributed by atoms with Crippen LogP contribution in [0.5, 0.6) is 0 Å². The lowest BCUT2D eigenvalue weighted by molar-refractivity contribution is 0.630. The molecule has 0 unspecified atom stereocenters. The van der Waals surface area contributed by atoms with Crippen LogP contribution in [0, 0.1) is 5.82 Å². The number of nitrogens with zero attached hydrogens (tertiary/aromatic N) is 3. The predicted octanol–water partition coefficient (Wildman–Crippen LogP) is 5.09. The molecule has 0 aliphatic rings. The predicted molar refractivity (Wildman–Crippen MR) is 100 cm³/mol. The normalized spacial score (nSPS) is 10.5. The maximum atomic E-state index is 14.3. The van der Waals surface area contributed by atoms with Crippen molar-refractivity contribution in [3.8, 4) is 22.6 Å². The minimum absolute atomic E-state index is 0.322. The van der Waals surface area contributed by atoms with E-state index in [2.05, 4.69) is 20.3 Å². The second kappa shape index (κ2) is 7.11. The Labute approximate surface area is 150 Å². The molecule has 0 spiro atoms. The van der Waals surface area contributed by atoms with E-state index in [-0.39, 0.29) is 5.82 Å². The molecule has 0 atom stereocenters. The number of para-hydroxylation sites is 1.